The number of rotatable bonds is 6. The van der Waals surface area contributed by atoms with E-state index in [1.54, 1.807) is 6.07 Å². The second-order valence-electron chi connectivity index (χ2n) is 4.52. The predicted molar refractivity (Wildman–Crippen MR) is 86.4 cm³/mol. The van der Waals surface area contributed by atoms with Gasteiger partial charge >= 0.3 is 16.3 Å². The minimum absolute atomic E-state index is 0.0257. The molecule has 0 spiro atoms. The number of nitrogens with one attached hydrogen (secondary N) is 3. The van der Waals surface area contributed by atoms with Gasteiger partial charge in [0.2, 0.25) is 0 Å². The number of aromatic nitrogens is 1. The van der Waals surface area contributed by atoms with Crippen molar-refractivity contribution >= 4 is 32.9 Å². The van der Waals surface area contributed by atoms with Crippen LogP contribution in [0.3, 0.4) is 0 Å². The first-order chi connectivity index (χ1) is 11.8. The monoisotopic (exact) mass is 367 g/mol. The summed E-state index contributed by atoms with van der Waals surface area (Å²) in [7, 11) is -1.54. The van der Waals surface area contributed by atoms with Crippen molar-refractivity contribution in [3.8, 4) is 17.6 Å². The second-order valence-corrected chi connectivity index (χ2v) is 5.94. The number of carboxylic acid groups (broad SMARTS) is 1. The number of nitriles is 1. The van der Waals surface area contributed by atoms with Crippen LogP contribution < -0.4 is 24.5 Å². The molecule has 0 aliphatic carbocycles. The van der Waals surface area contributed by atoms with Crippen molar-refractivity contribution < 1.29 is 27.8 Å². The highest BCUT2D eigenvalue weighted by molar-refractivity contribution is 7.88. The Balaban J connectivity index is 2.53. The lowest BCUT2D eigenvalue weighted by Crippen LogP contribution is -2.42. The van der Waals surface area contributed by atoms with Crippen molar-refractivity contribution in [3.63, 3.8) is 0 Å². The molecule has 1 aromatic heterocycles. The number of benzene rings is 1. The van der Waals surface area contributed by atoms with E-state index in [2.05, 4.69) is 10.4 Å². The number of pyridine rings is 1. The minimum Gasteiger partial charge on any atom is -0.493 e. The Morgan fingerprint density at radius 1 is 1.28 bits per heavy atom. The molecule has 2 aromatic rings. The molecule has 132 valence electrons. The van der Waals surface area contributed by atoms with E-state index < -0.39 is 16.3 Å². The zero-order chi connectivity index (χ0) is 18.6. The van der Waals surface area contributed by atoms with Crippen LogP contribution in [0.5, 0.6) is 11.5 Å². The topological polar surface area (TPSA) is 163 Å². The molecular formula is C13H13N5O6S. The van der Waals surface area contributed by atoms with Crippen LogP contribution in [-0.2, 0) is 10.2 Å². The van der Waals surface area contributed by atoms with Gasteiger partial charge in [0.15, 0.2) is 11.5 Å². The standard InChI is InChI=1S/C13H13N5O6S/c1-23-10-3-8-9(4-11(10)24-2)15-6-7(5-14)12(8)16-18-25(21,22)17-13(19)20/h3-4,6,17-18H,1-2H3,(H,15,16)(H,19,20). The highest BCUT2D eigenvalue weighted by atomic mass is 32.2. The minimum atomic E-state index is -4.40. The number of hydrazine groups is 1. The molecule has 0 radical (unpaired) electrons. The van der Waals surface area contributed by atoms with Gasteiger partial charge in [-0.05, 0) is 6.07 Å². The van der Waals surface area contributed by atoms with Crippen molar-refractivity contribution in [1.29, 1.82) is 5.26 Å². The largest absolute Gasteiger partial charge is 0.493 e. The fourth-order valence-electron chi connectivity index (χ4n) is 2.00. The summed E-state index contributed by atoms with van der Waals surface area (Å²) < 4.78 is 34.8. The Hall–Kier alpha value is -3.30. The fraction of sp³-hybridized carbons (Fsp3) is 0.154. The average Bonchev–Trinajstić information content (AvgIpc) is 2.56. The number of methoxy groups -OCH3 is 2. The molecule has 25 heavy (non-hydrogen) atoms. The Kier molecular flexibility index (Phi) is 5.11. The molecule has 1 amide bonds. The summed E-state index contributed by atoms with van der Waals surface area (Å²) in [4.78, 5) is 16.4. The smallest absolute Gasteiger partial charge is 0.419 e. The van der Waals surface area contributed by atoms with Gasteiger partial charge in [-0.2, -0.15) is 13.7 Å². The SMILES string of the molecule is COc1cc2ncc(C#N)c(NNS(=O)(=O)NC(=O)O)c2cc1OC. The van der Waals surface area contributed by atoms with Gasteiger partial charge in [-0.25, -0.2) is 9.52 Å². The van der Waals surface area contributed by atoms with E-state index in [4.69, 9.17) is 14.6 Å². The van der Waals surface area contributed by atoms with E-state index in [1.807, 2.05) is 10.9 Å². The third-order valence-corrected chi connectivity index (χ3v) is 3.84. The molecule has 0 aliphatic rings. The molecule has 1 aromatic carbocycles. The third kappa shape index (κ3) is 3.97. The van der Waals surface area contributed by atoms with E-state index in [0.29, 0.717) is 22.4 Å². The molecular weight excluding hydrogens is 354 g/mol. The van der Waals surface area contributed by atoms with Crippen molar-refractivity contribution in [2.45, 2.75) is 0 Å². The van der Waals surface area contributed by atoms with Crippen LogP contribution in [-0.4, -0.2) is 38.8 Å². The second kappa shape index (κ2) is 7.07. The summed E-state index contributed by atoms with van der Waals surface area (Å²) in [5.74, 6) is 0.729. The molecule has 0 fully saturated rings. The molecule has 1 heterocycles. The number of hydrogen-bond donors (Lipinski definition) is 4. The van der Waals surface area contributed by atoms with Crippen LogP contribution in [0.4, 0.5) is 10.5 Å². The van der Waals surface area contributed by atoms with Crippen molar-refractivity contribution in [3.05, 3.63) is 23.9 Å². The van der Waals surface area contributed by atoms with Crippen LogP contribution in [0.25, 0.3) is 10.9 Å². The molecule has 11 nitrogen and oxygen atoms in total. The van der Waals surface area contributed by atoms with Gasteiger partial charge in [0.1, 0.15) is 6.07 Å². The first-order valence-electron chi connectivity index (χ1n) is 6.54. The lowest BCUT2D eigenvalue weighted by atomic mass is 10.1. The van der Waals surface area contributed by atoms with E-state index in [-0.39, 0.29) is 11.3 Å². The predicted octanol–water partition coefficient (Wildman–Crippen LogP) is 0.553. The lowest BCUT2D eigenvalue weighted by Gasteiger charge is -2.14. The summed E-state index contributed by atoms with van der Waals surface area (Å²) in [5, 5.41) is 18.1. The lowest BCUT2D eigenvalue weighted by molar-refractivity contribution is 0.201. The Labute approximate surface area is 142 Å². The van der Waals surface area contributed by atoms with E-state index in [1.165, 1.54) is 31.2 Å². The Bertz CT molecular complexity index is 969. The average molecular weight is 367 g/mol. The van der Waals surface area contributed by atoms with Gasteiger partial charge < -0.3 is 20.0 Å². The molecule has 0 unspecified atom stereocenters. The van der Waals surface area contributed by atoms with Gasteiger partial charge in [-0.1, -0.05) is 0 Å². The van der Waals surface area contributed by atoms with Crippen molar-refractivity contribution in [2.75, 3.05) is 19.6 Å². The first-order valence-corrected chi connectivity index (χ1v) is 8.03. The molecule has 0 bridgehead atoms. The van der Waals surface area contributed by atoms with Crippen molar-refractivity contribution in [2.24, 2.45) is 0 Å². The zero-order valence-electron chi connectivity index (χ0n) is 13.0. The van der Waals surface area contributed by atoms with Crippen LogP contribution in [0, 0.1) is 11.3 Å². The fourth-order valence-corrected chi connectivity index (χ4v) is 2.51. The van der Waals surface area contributed by atoms with Gasteiger partial charge in [0.05, 0.1) is 31.0 Å². The van der Waals surface area contributed by atoms with E-state index in [9.17, 15) is 18.5 Å². The molecule has 0 saturated heterocycles. The van der Waals surface area contributed by atoms with Crippen LogP contribution >= 0.6 is 0 Å². The molecule has 0 aliphatic heterocycles. The van der Waals surface area contributed by atoms with Crippen LogP contribution in [0.1, 0.15) is 5.56 Å². The number of amides is 1. The summed E-state index contributed by atoms with van der Waals surface area (Å²) in [6.45, 7) is 0. The van der Waals surface area contributed by atoms with Gasteiger partial charge in [-0.3, -0.25) is 4.98 Å². The molecule has 12 heteroatoms. The number of ether oxygens (including phenoxy) is 2. The first kappa shape index (κ1) is 18.0. The molecule has 4 N–H and O–H groups in total. The number of fused-ring (bicyclic) bond motifs is 1. The Morgan fingerprint density at radius 3 is 2.48 bits per heavy atom. The van der Waals surface area contributed by atoms with Gasteiger partial charge in [0, 0.05) is 17.6 Å². The maximum atomic E-state index is 11.6. The Morgan fingerprint density at radius 2 is 1.92 bits per heavy atom. The molecule has 0 atom stereocenters. The van der Waals surface area contributed by atoms with Crippen LogP contribution in [0.2, 0.25) is 0 Å². The number of anilines is 1. The highest BCUT2D eigenvalue weighted by Gasteiger charge is 2.17. The molecule has 0 saturated carbocycles. The summed E-state index contributed by atoms with van der Waals surface area (Å²) in [6, 6.07) is 4.91. The normalized spacial score (nSPS) is 10.8. The van der Waals surface area contributed by atoms with E-state index >= 15 is 0 Å². The molecule has 2 rings (SSSR count). The van der Waals surface area contributed by atoms with Crippen LogP contribution in [0.15, 0.2) is 18.3 Å². The highest BCUT2D eigenvalue weighted by Crippen LogP contribution is 2.35. The summed E-state index contributed by atoms with van der Waals surface area (Å²) in [6.07, 6.45) is -0.531. The zero-order valence-corrected chi connectivity index (χ0v) is 13.8. The number of nitrogens with zero attached hydrogens (tertiary/aromatic N) is 2. The van der Waals surface area contributed by atoms with Crippen molar-refractivity contribution in [1.82, 2.24) is 14.5 Å². The number of carbonyl (C=O) groups is 1. The quantitative estimate of drug-likeness (QED) is 0.534. The summed E-state index contributed by atoms with van der Waals surface area (Å²) >= 11 is 0. The van der Waals surface area contributed by atoms with Gasteiger partial charge in [0.25, 0.3) is 0 Å². The summed E-state index contributed by atoms with van der Waals surface area (Å²) in [5.41, 5.74) is 2.81. The van der Waals surface area contributed by atoms with E-state index in [0.717, 1.165) is 0 Å². The van der Waals surface area contributed by atoms with Gasteiger partial charge in [-0.15, -0.1) is 4.83 Å². The maximum Gasteiger partial charge on any atom is 0.419 e. The maximum absolute atomic E-state index is 11.6. The third-order valence-electron chi connectivity index (χ3n) is 3.03. The number of hydrogen-bond acceptors (Lipinski definition) is 8.